The lowest BCUT2D eigenvalue weighted by molar-refractivity contribution is 0.0635. The molecule has 11 heteroatoms. The summed E-state index contributed by atoms with van der Waals surface area (Å²) in [6.45, 7) is 7.84. The Hall–Kier alpha value is -2.94. The number of hydrogen-bond acceptors (Lipinski definition) is 7. The minimum atomic E-state index is -3.82. The molecular formula is C24H30N4O5S2. The normalized spacial score (nSPS) is 17.7. The Kier molecular flexibility index (Phi) is 8.20. The predicted octanol–water partition coefficient (Wildman–Crippen LogP) is 3.07. The van der Waals surface area contributed by atoms with E-state index in [1.165, 1.54) is 22.6 Å². The number of anilines is 2. The minimum Gasteiger partial charge on any atom is -0.444 e. The van der Waals surface area contributed by atoms with Gasteiger partial charge in [0.1, 0.15) is 22.4 Å². The highest BCUT2D eigenvalue weighted by molar-refractivity contribution is 7.89. The summed E-state index contributed by atoms with van der Waals surface area (Å²) in [7, 11) is -4.89. The molecule has 0 spiro atoms. The molecule has 1 N–H and O–H groups in total. The largest absolute Gasteiger partial charge is 0.444 e. The Morgan fingerprint density at radius 3 is 2.40 bits per heavy atom. The third-order valence-electron chi connectivity index (χ3n) is 5.16. The third kappa shape index (κ3) is 6.81. The number of hydrogen-bond donors (Lipinski definition) is 1. The molecule has 2 aromatic rings. The second-order valence-corrected chi connectivity index (χ2v) is 12.2. The first-order chi connectivity index (χ1) is 16.4. The van der Waals surface area contributed by atoms with Crippen LogP contribution in [0.3, 0.4) is 0 Å². The smallest absolute Gasteiger partial charge is 0.413 e. The molecule has 1 aliphatic heterocycles. The number of amides is 1. The molecule has 1 amide bonds. The van der Waals surface area contributed by atoms with E-state index in [0.717, 1.165) is 10.6 Å². The number of rotatable bonds is 5. The molecule has 0 bridgehead atoms. The predicted molar refractivity (Wildman–Crippen MR) is 136 cm³/mol. The molecule has 0 saturated carbocycles. The van der Waals surface area contributed by atoms with E-state index in [-0.39, 0.29) is 29.8 Å². The quantitative estimate of drug-likeness (QED) is 0.606. The lowest BCUT2D eigenvalue weighted by Crippen LogP contribution is -2.54. The van der Waals surface area contributed by atoms with Gasteiger partial charge in [-0.2, -0.15) is 4.31 Å². The number of carbonyl (C=O) groups excluding carboxylic acids is 1. The highest BCUT2D eigenvalue weighted by atomic mass is 32.2. The maximum absolute atomic E-state index is 13.3. The molecule has 0 aliphatic carbocycles. The average molecular weight is 519 g/mol. The van der Waals surface area contributed by atoms with Crippen molar-refractivity contribution >= 4 is 38.4 Å². The zero-order valence-corrected chi connectivity index (χ0v) is 22.1. The van der Waals surface area contributed by atoms with Crippen LogP contribution in [0.25, 0.3) is 0 Å². The fraction of sp³-hybridized carbons (Fsp3) is 0.417. The van der Waals surface area contributed by atoms with Crippen LogP contribution in [0.5, 0.6) is 0 Å². The summed E-state index contributed by atoms with van der Waals surface area (Å²) in [5, 5.41) is 2.49. The van der Waals surface area contributed by atoms with E-state index in [2.05, 4.69) is 27.0 Å². The second-order valence-electron chi connectivity index (χ2n) is 8.92. The monoisotopic (exact) mass is 518 g/mol. The highest BCUT2D eigenvalue weighted by Gasteiger charge is 2.34. The first kappa shape index (κ1) is 26.7. The van der Waals surface area contributed by atoms with Crippen LogP contribution < -0.4 is 10.2 Å². The lowest BCUT2D eigenvalue weighted by Gasteiger charge is -2.39. The Morgan fingerprint density at radius 2 is 1.86 bits per heavy atom. The van der Waals surface area contributed by atoms with Crippen molar-refractivity contribution in [1.82, 2.24) is 9.29 Å². The molecule has 1 aromatic heterocycles. The van der Waals surface area contributed by atoms with Gasteiger partial charge in [0.05, 0.1) is 0 Å². The van der Waals surface area contributed by atoms with Gasteiger partial charge in [0.25, 0.3) is 0 Å². The van der Waals surface area contributed by atoms with Crippen LogP contribution in [0.4, 0.5) is 16.3 Å². The van der Waals surface area contributed by atoms with Gasteiger partial charge in [0, 0.05) is 53.5 Å². The summed E-state index contributed by atoms with van der Waals surface area (Å²) in [5.41, 5.74) is 0.229. The van der Waals surface area contributed by atoms with Gasteiger partial charge in [-0.3, -0.25) is 9.53 Å². The number of nitrogens with zero attached hydrogens (tertiary/aromatic N) is 3. The highest BCUT2D eigenvalue weighted by Crippen LogP contribution is 2.25. The summed E-state index contributed by atoms with van der Waals surface area (Å²) >= 11 is 0. The topological polar surface area (TPSA) is 109 Å². The van der Waals surface area contributed by atoms with Crippen molar-refractivity contribution < 1.29 is 22.2 Å². The number of nitrogens with one attached hydrogen (secondary N) is 1. The van der Waals surface area contributed by atoms with Crippen LogP contribution in [-0.4, -0.2) is 65.5 Å². The summed E-state index contributed by atoms with van der Waals surface area (Å²) in [6.07, 6.45) is 2.17. The molecule has 1 aromatic carbocycles. The second kappa shape index (κ2) is 10.8. The van der Waals surface area contributed by atoms with E-state index in [9.17, 15) is 17.4 Å². The van der Waals surface area contributed by atoms with Crippen molar-refractivity contribution in [2.45, 2.75) is 49.1 Å². The fourth-order valence-corrected chi connectivity index (χ4v) is 5.47. The number of benzene rings is 1. The molecule has 1 fully saturated rings. The molecule has 35 heavy (non-hydrogen) atoms. The van der Waals surface area contributed by atoms with Crippen LogP contribution in [0.2, 0.25) is 0 Å². The van der Waals surface area contributed by atoms with Gasteiger partial charge in [0.15, 0.2) is 0 Å². The number of ether oxygens (including phenoxy) is 1. The minimum absolute atomic E-state index is 0.0266. The zero-order valence-electron chi connectivity index (χ0n) is 20.4. The van der Waals surface area contributed by atoms with Gasteiger partial charge >= 0.3 is 6.09 Å². The van der Waals surface area contributed by atoms with Crippen molar-refractivity contribution in [3.63, 3.8) is 0 Å². The molecule has 1 saturated heterocycles. The van der Waals surface area contributed by atoms with Gasteiger partial charge in [0.2, 0.25) is 10.0 Å². The number of aromatic nitrogens is 1. The number of pyridine rings is 1. The average Bonchev–Trinajstić information content (AvgIpc) is 2.78. The van der Waals surface area contributed by atoms with Gasteiger partial charge in [-0.1, -0.05) is 5.92 Å². The van der Waals surface area contributed by atoms with E-state index in [4.69, 9.17) is 4.74 Å². The molecular weight excluding hydrogens is 488 g/mol. The van der Waals surface area contributed by atoms with E-state index in [0.29, 0.717) is 6.54 Å². The van der Waals surface area contributed by atoms with Crippen molar-refractivity contribution in [3.05, 3.63) is 42.6 Å². The first-order valence-electron chi connectivity index (χ1n) is 11.0. The molecule has 9 nitrogen and oxygen atoms in total. The maximum atomic E-state index is 13.3. The molecule has 1 aliphatic rings. The third-order valence-corrected chi connectivity index (χ3v) is 7.94. The van der Waals surface area contributed by atoms with Crippen molar-refractivity contribution in [2.24, 2.45) is 0 Å². The van der Waals surface area contributed by atoms with Gasteiger partial charge in [-0.25, -0.2) is 18.2 Å². The van der Waals surface area contributed by atoms with Crippen LogP contribution >= 0.6 is 0 Å². The number of piperazine rings is 1. The van der Waals surface area contributed by atoms with Crippen molar-refractivity contribution in [3.8, 4) is 11.8 Å². The van der Waals surface area contributed by atoms with Gasteiger partial charge in [-0.15, -0.1) is 5.92 Å². The maximum Gasteiger partial charge on any atom is 0.413 e. The molecule has 2 unspecified atom stereocenters. The summed E-state index contributed by atoms with van der Waals surface area (Å²) in [4.78, 5) is 18.8. The van der Waals surface area contributed by atoms with Crippen LogP contribution in [0, 0.1) is 11.8 Å². The molecule has 2 atom stereocenters. The summed E-state index contributed by atoms with van der Waals surface area (Å²) in [5.74, 6) is 6.19. The number of carbonyl (C=O) groups is 1. The van der Waals surface area contributed by atoms with Crippen LogP contribution in [0.1, 0.15) is 27.7 Å². The van der Waals surface area contributed by atoms with E-state index in [1.54, 1.807) is 34.0 Å². The number of sulfonamides is 1. The van der Waals surface area contributed by atoms with E-state index >= 15 is 0 Å². The van der Waals surface area contributed by atoms with Gasteiger partial charge in [-0.05, 0) is 64.1 Å². The summed E-state index contributed by atoms with van der Waals surface area (Å²) < 4.78 is 44.9. The molecule has 2 heterocycles. The fourth-order valence-electron chi connectivity index (χ4n) is 3.57. The standard InChI is InChI=1S/C24H30N4O5S2/c1-6-7-19-17-27(14-15-28(19)18-8-10-20(11-9-18)34(5)30)35(31,32)21-12-13-22(25-16-21)26-23(29)33-24(2,3)4/h8-13,16,19H,14-15,17H2,1-5H3,(H,25,26,29). The Morgan fingerprint density at radius 1 is 1.17 bits per heavy atom. The van der Waals surface area contributed by atoms with Gasteiger partial charge < -0.3 is 9.64 Å². The van der Waals surface area contributed by atoms with E-state index < -0.39 is 32.5 Å². The van der Waals surface area contributed by atoms with E-state index in [1.807, 2.05) is 24.3 Å². The SMILES string of the molecule is CC#CC1CN(S(=O)(=O)c2ccc(NC(=O)OC(C)(C)C)nc2)CCN1c1ccc(S(C)=O)cc1. The molecule has 3 rings (SSSR count). The van der Waals surface area contributed by atoms with Crippen molar-refractivity contribution in [2.75, 3.05) is 36.1 Å². The Labute approximate surface area is 209 Å². The van der Waals surface area contributed by atoms with Crippen LogP contribution in [0.15, 0.2) is 52.4 Å². The molecule has 0 radical (unpaired) electrons. The Bertz CT molecular complexity index is 1240. The summed E-state index contributed by atoms with van der Waals surface area (Å²) in [6, 6.07) is 9.87. The lowest BCUT2D eigenvalue weighted by atomic mass is 10.1. The molecule has 188 valence electrons. The van der Waals surface area contributed by atoms with Crippen molar-refractivity contribution in [1.29, 1.82) is 0 Å². The Balaban J connectivity index is 1.74. The van der Waals surface area contributed by atoms with Crippen LogP contribution in [-0.2, 0) is 25.6 Å². The first-order valence-corrected chi connectivity index (χ1v) is 14.0. The zero-order chi connectivity index (χ0) is 25.8.